The molecule has 0 aliphatic carbocycles. The fourth-order valence-electron chi connectivity index (χ4n) is 3.10. The molecule has 0 radical (unpaired) electrons. The molecule has 0 atom stereocenters. The molecular weight excluding hydrogens is 314 g/mol. The molecule has 0 aromatic carbocycles. The summed E-state index contributed by atoms with van der Waals surface area (Å²) in [5, 5.41) is 6.87. The minimum Gasteiger partial charge on any atom is -0.356 e. The van der Waals surface area contributed by atoms with Crippen LogP contribution in [0.1, 0.15) is 37.8 Å². The first-order chi connectivity index (χ1) is 12.0. The monoisotopic (exact) mass is 345 g/mol. The van der Waals surface area contributed by atoms with E-state index >= 15 is 0 Å². The van der Waals surface area contributed by atoms with E-state index in [0.29, 0.717) is 6.04 Å². The molecule has 0 unspecified atom stereocenters. The van der Waals surface area contributed by atoms with Crippen LogP contribution >= 0.6 is 0 Å². The van der Waals surface area contributed by atoms with E-state index in [1.807, 2.05) is 31.1 Å². The Labute approximate surface area is 151 Å². The molecule has 1 aromatic heterocycles. The highest BCUT2D eigenvalue weighted by atomic mass is 16.2. The van der Waals surface area contributed by atoms with Gasteiger partial charge < -0.3 is 15.5 Å². The Balaban J connectivity index is 1.74. The molecular formula is C19H31N5O. The number of guanidine groups is 1. The van der Waals surface area contributed by atoms with Gasteiger partial charge in [-0.3, -0.25) is 14.8 Å². The summed E-state index contributed by atoms with van der Waals surface area (Å²) < 4.78 is 0. The number of hydrogen-bond acceptors (Lipinski definition) is 3. The lowest BCUT2D eigenvalue weighted by molar-refractivity contribution is -0.135. The second kappa shape index (κ2) is 9.39. The van der Waals surface area contributed by atoms with E-state index in [-0.39, 0.29) is 11.8 Å². The number of nitrogens with one attached hydrogen (secondary N) is 2. The molecule has 6 nitrogen and oxygen atoms in total. The van der Waals surface area contributed by atoms with Gasteiger partial charge >= 0.3 is 0 Å². The van der Waals surface area contributed by atoms with Crippen molar-refractivity contribution in [2.75, 3.05) is 26.7 Å². The van der Waals surface area contributed by atoms with Gasteiger partial charge in [-0.1, -0.05) is 13.8 Å². The Bertz CT molecular complexity index is 591. The average molecular weight is 345 g/mol. The Morgan fingerprint density at radius 1 is 1.40 bits per heavy atom. The SMILES string of the molecule is CN=C(NCCc1ccncc1C)NC1CCN(C(=O)C(C)C)CC1. The summed E-state index contributed by atoms with van der Waals surface area (Å²) in [4.78, 5) is 22.5. The quantitative estimate of drug-likeness (QED) is 0.630. The molecule has 0 saturated carbocycles. The molecule has 1 aliphatic rings. The van der Waals surface area contributed by atoms with E-state index in [4.69, 9.17) is 0 Å². The molecule has 1 aromatic rings. The van der Waals surface area contributed by atoms with Gasteiger partial charge in [0.2, 0.25) is 5.91 Å². The Hall–Kier alpha value is -2.11. The highest BCUT2D eigenvalue weighted by Crippen LogP contribution is 2.13. The summed E-state index contributed by atoms with van der Waals surface area (Å²) in [5.74, 6) is 1.17. The van der Waals surface area contributed by atoms with E-state index in [1.165, 1.54) is 11.1 Å². The van der Waals surface area contributed by atoms with Gasteiger partial charge in [0.25, 0.3) is 0 Å². The van der Waals surface area contributed by atoms with Crippen LogP contribution in [0.5, 0.6) is 0 Å². The first-order valence-corrected chi connectivity index (χ1v) is 9.16. The van der Waals surface area contributed by atoms with Gasteiger partial charge in [-0.15, -0.1) is 0 Å². The van der Waals surface area contributed by atoms with Crippen molar-refractivity contribution in [3.05, 3.63) is 29.6 Å². The van der Waals surface area contributed by atoms with Crippen LogP contribution < -0.4 is 10.6 Å². The molecule has 2 N–H and O–H groups in total. The van der Waals surface area contributed by atoms with Crippen LogP contribution in [0.4, 0.5) is 0 Å². The number of carbonyl (C=O) groups is 1. The van der Waals surface area contributed by atoms with E-state index in [9.17, 15) is 4.79 Å². The third kappa shape index (κ3) is 5.73. The topological polar surface area (TPSA) is 69.6 Å². The number of aryl methyl sites for hydroxylation is 1. The summed E-state index contributed by atoms with van der Waals surface area (Å²) >= 11 is 0. The predicted octanol–water partition coefficient (Wildman–Crippen LogP) is 1.74. The maximum absolute atomic E-state index is 12.1. The van der Waals surface area contributed by atoms with Crippen LogP contribution in [0, 0.1) is 12.8 Å². The van der Waals surface area contributed by atoms with Crippen molar-refractivity contribution in [3.63, 3.8) is 0 Å². The number of carbonyl (C=O) groups excluding carboxylic acids is 1. The molecule has 1 fully saturated rings. The largest absolute Gasteiger partial charge is 0.356 e. The van der Waals surface area contributed by atoms with Gasteiger partial charge in [0.05, 0.1) is 0 Å². The summed E-state index contributed by atoms with van der Waals surface area (Å²) in [5.41, 5.74) is 2.52. The number of piperidine rings is 1. The minimum atomic E-state index is 0.0792. The first kappa shape index (κ1) is 19.2. The zero-order chi connectivity index (χ0) is 18.2. The summed E-state index contributed by atoms with van der Waals surface area (Å²) in [6.45, 7) is 8.48. The number of rotatable bonds is 5. The van der Waals surface area contributed by atoms with Crippen molar-refractivity contribution in [2.24, 2.45) is 10.9 Å². The fraction of sp³-hybridized carbons (Fsp3) is 0.632. The average Bonchev–Trinajstić information content (AvgIpc) is 2.62. The second-order valence-corrected chi connectivity index (χ2v) is 6.95. The van der Waals surface area contributed by atoms with Crippen molar-refractivity contribution < 1.29 is 4.79 Å². The standard InChI is InChI=1S/C19H31N5O/c1-14(2)18(25)24-11-7-17(8-12-24)23-19(20-4)22-10-6-16-5-9-21-13-15(16)3/h5,9,13-14,17H,6-8,10-12H2,1-4H3,(H2,20,22,23). The van der Waals surface area contributed by atoms with Crippen LogP contribution in [0.2, 0.25) is 0 Å². The van der Waals surface area contributed by atoms with Gasteiger partial charge in [-0.2, -0.15) is 0 Å². The summed E-state index contributed by atoms with van der Waals surface area (Å²) in [6, 6.07) is 2.43. The molecule has 2 heterocycles. The van der Waals surface area contributed by atoms with Crippen LogP contribution in [0.15, 0.2) is 23.5 Å². The summed E-state index contributed by atoms with van der Waals surface area (Å²) in [6.07, 6.45) is 6.60. The molecule has 1 amide bonds. The van der Waals surface area contributed by atoms with Crippen molar-refractivity contribution in [1.82, 2.24) is 20.5 Å². The lowest BCUT2D eigenvalue weighted by Gasteiger charge is -2.34. The van der Waals surface area contributed by atoms with Gasteiger partial charge in [-0.25, -0.2) is 0 Å². The fourth-order valence-corrected chi connectivity index (χ4v) is 3.10. The molecule has 0 spiro atoms. The maximum Gasteiger partial charge on any atom is 0.225 e. The maximum atomic E-state index is 12.1. The molecule has 1 aliphatic heterocycles. The number of aromatic nitrogens is 1. The highest BCUT2D eigenvalue weighted by molar-refractivity contribution is 5.80. The Morgan fingerprint density at radius 3 is 2.72 bits per heavy atom. The van der Waals surface area contributed by atoms with Gasteiger partial charge in [0.1, 0.15) is 0 Å². The molecule has 0 bridgehead atoms. The first-order valence-electron chi connectivity index (χ1n) is 9.16. The smallest absolute Gasteiger partial charge is 0.225 e. The van der Waals surface area contributed by atoms with E-state index in [1.54, 1.807) is 7.05 Å². The highest BCUT2D eigenvalue weighted by Gasteiger charge is 2.24. The lowest BCUT2D eigenvalue weighted by atomic mass is 10.0. The third-order valence-corrected chi connectivity index (χ3v) is 4.69. The number of aliphatic imine (C=N–C) groups is 1. The predicted molar refractivity (Wildman–Crippen MR) is 102 cm³/mol. The van der Waals surface area contributed by atoms with Crippen LogP contribution in [0.25, 0.3) is 0 Å². The van der Waals surface area contributed by atoms with Crippen molar-refractivity contribution in [3.8, 4) is 0 Å². The number of nitrogens with zero attached hydrogens (tertiary/aromatic N) is 3. The third-order valence-electron chi connectivity index (χ3n) is 4.69. The molecule has 6 heteroatoms. The molecule has 25 heavy (non-hydrogen) atoms. The second-order valence-electron chi connectivity index (χ2n) is 6.95. The van der Waals surface area contributed by atoms with Crippen molar-refractivity contribution >= 4 is 11.9 Å². The number of hydrogen-bond donors (Lipinski definition) is 2. The van der Waals surface area contributed by atoms with Gasteiger partial charge in [0.15, 0.2) is 5.96 Å². The molecule has 1 saturated heterocycles. The summed E-state index contributed by atoms with van der Waals surface area (Å²) in [7, 11) is 1.80. The lowest BCUT2D eigenvalue weighted by Crippen LogP contribution is -2.50. The minimum absolute atomic E-state index is 0.0792. The zero-order valence-electron chi connectivity index (χ0n) is 15.9. The molecule has 2 rings (SSSR count). The van der Waals surface area contributed by atoms with Gasteiger partial charge in [0, 0.05) is 51.0 Å². The van der Waals surface area contributed by atoms with E-state index < -0.39 is 0 Å². The van der Waals surface area contributed by atoms with E-state index in [0.717, 1.165) is 44.9 Å². The van der Waals surface area contributed by atoms with Crippen molar-refractivity contribution in [2.45, 2.75) is 46.1 Å². The van der Waals surface area contributed by atoms with Crippen LogP contribution in [-0.2, 0) is 11.2 Å². The van der Waals surface area contributed by atoms with E-state index in [2.05, 4.69) is 33.6 Å². The Morgan fingerprint density at radius 2 is 2.12 bits per heavy atom. The zero-order valence-corrected chi connectivity index (χ0v) is 15.9. The number of pyridine rings is 1. The number of amides is 1. The van der Waals surface area contributed by atoms with Crippen LogP contribution in [-0.4, -0.2) is 54.5 Å². The molecule has 138 valence electrons. The Kier molecular flexibility index (Phi) is 7.22. The van der Waals surface area contributed by atoms with Crippen LogP contribution in [0.3, 0.4) is 0 Å². The van der Waals surface area contributed by atoms with Crippen molar-refractivity contribution in [1.29, 1.82) is 0 Å². The van der Waals surface area contributed by atoms with Gasteiger partial charge in [-0.05, 0) is 43.4 Å². The number of likely N-dealkylation sites (tertiary alicyclic amines) is 1. The normalized spacial score (nSPS) is 16.2.